The van der Waals surface area contributed by atoms with Gasteiger partial charge in [-0.1, -0.05) is 5.22 Å². The predicted molar refractivity (Wildman–Crippen MR) is 208 cm³/mol. The van der Waals surface area contributed by atoms with Crippen molar-refractivity contribution in [2.45, 2.75) is 9.79 Å². The standard InChI is InChI=1S/C36H23N7O16S2/c44-31-21-5-1-17(9-15(21)11-27(60(54,55)56)29(31)41-37-19-3-7-23(33(46)47)25(13-19)35(50)51)39-43-40-18-2-6-22-16(10-18)12-28(61(57,58)59)30(32(22)45)42-38-20-4-8-24(34(48)49)26(14-20)36(52)53/h1-14,44-45H,(H,39,40)(H,46,47)(H,48,49)(H,50,51)(H,52,53)(H,54,55,56)(H,57,58,59)/b41-37+,42-38+. The summed E-state index contributed by atoms with van der Waals surface area (Å²) in [5, 5.41) is 81.9. The number of nitrogens with one attached hydrogen (secondary N) is 1. The monoisotopic (exact) mass is 873 g/mol. The predicted octanol–water partition coefficient (Wildman–Crippen LogP) is 7.63. The number of phenols is 2. The quantitative estimate of drug-likeness (QED) is 0.0306. The van der Waals surface area contributed by atoms with Crippen molar-refractivity contribution in [2.24, 2.45) is 30.8 Å². The summed E-state index contributed by atoms with van der Waals surface area (Å²) in [5.41, 5.74) is -1.57. The molecule has 310 valence electrons. The molecule has 0 fully saturated rings. The van der Waals surface area contributed by atoms with Gasteiger partial charge in [0.05, 0.1) is 45.0 Å². The second-order valence-corrected chi connectivity index (χ2v) is 15.1. The molecule has 6 aromatic carbocycles. The number of anilines is 1. The molecule has 0 spiro atoms. The Bertz CT molecular complexity index is 3230. The van der Waals surface area contributed by atoms with Crippen LogP contribution in [-0.2, 0) is 20.2 Å². The molecule has 0 aromatic heterocycles. The molecular weight excluding hydrogens is 851 g/mol. The second kappa shape index (κ2) is 16.2. The molecular formula is C36H23N7O16S2. The third-order valence-electron chi connectivity index (χ3n) is 8.44. The van der Waals surface area contributed by atoms with Crippen LogP contribution in [0.1, 0.15) is 41.4 Å². The molecule has 6 rings (SSSR count). The Morgan fingerprint density at radius 3 is 1.28 bits per heavy atom. The fourth-order valence-corrected chi connectivity index (χ4v) is 7.00. The van der Waals surface area contributed by atoms with Crippen LogP contribution in [0.15, 0.2) is 126 Å². The number of azo groups is 2. The number of aromatic hydroxyl groups is 2. The Morgan fingerprint density at radius 2 is 0.852 bits per heavy atom. The summed E-state index contributed by atoms with van der Waals surface area (Å²) in [6.07, 6.45) is 0. The smallest absolute Gasteiger partial charge is 0.336 e. The molecule has 9 N–H and O–H groups in total. The molecule has 0 radical (unpaired) electrons. The number of phenolic OH excluding ortho intramolecular Hbond substituents is 2. The highest BCUT2D eigenvalue weighted by atomic mass is 32.2. The summed E-state index contributed by atoms with van der Waals surface area (Å²) < 4.78 is 69.3. The van der Waals surface area contributed by atoms with Crippen LogP contribution in [0.4, 0.5) is 34.1 Å². The lowest BCUT2D eigenvalue weighted by molar-refractivity contribution is 0.0651. The number of benzene rings is 6. The third kappa shape index (κ3) is 8.93. The molecule has 0 amide bonds. The van der Waals surface area contributed by atoms with Gasteiger partial charge in [-0.15, -0.1) is 15.3 Å². The van der Waals surface area contributed by atoms with Crippen molar-refractivity contribution in [3.63, 3.8) is 0 Å². The highest BCUT2D eigenvalue weighted by Gasteiger charge is 2.25. The number of hydrogen-bond donors (Lipinski definition) is 9. The van der Waals surface area contributed by atoms with E-state index in [2.05, 4.69) is 36.2 Å². The number of nitrogens with zero attached hydrogens (tertiary/aromatic N) is 6. The van der Waals surface area contributed by atoms with Crippen molar-refractivity contribution in [1.29, 1.82) is 0 Å². The van der Waals surface area contributed by atoms with Gasteiger partial charge >= 0.3 is 23.9 Å². The first-order valence-corrected chi connectivity index (χ1v) is 19.3. The first-order chi connectivity index (χ1) is 28.6. The molecule has 6 aromatic rings. The van der Waals surface area contributed by atoms with Gasteiger partial charge in [-0.3, -0.25) is 14.5 Å². The minimum atomic E-state index is -5.09. The summed E-state index contributed by atoms with van der Waals surface area (Å²) in [7, 11) is -10.2. The molecule has 61 heavy (non-hydrogen) atoms. The number of carbonyl (C=O) groups is 4. The van der Waals surface area contributed by atoms with Gasteiger partial charge in [0, 0.05) is 10.8 Å². The van der Waals surface area contributed by atoms with Crippen LogP contribution >= 0.6 is 0 Å². The Balaban J connectivity index is 1.29. The zero-order valence-electron chi connectivity index (χ0n) is 29.9. The molecule has 0 bridgehead atoms. The van der Waals surface area contributed by atoms with E-state index in [0.29, 0.717) is 0 Å². The molecule has 23 nitrogen and oxygen atoms in total. The van der Waals surface area contributed by atoms with Crippen molar-refractivity contribution in [3.8, 4) is 11.5 Å². The Kier molecular flexibility index (Phi) is 11.2. The van der Waals surface area contributed by atoms with Crippen LogP contribution in [0.3, 0.4) is 0 Å². The van der Waals surface area contributed by atoms with Crippen molar-refractivity contribution in [3.05, 3.63) is 107 Å². The molecule has 0 saturated carbocycles. The summed E-state index contributed by atoms with van der Waals surface area (Å²) in [5.74, 6) is -7.80. The number of carboxylic acid groups (broad SMARTS) is 4. The van der Waals surface area contributed by atoms with Crippen molar-refractivity contribution in [2.75, 3.05) is 5.43 Å². The van der Waals surface area contributed by atoms with E-state index in [1.807, 2.05) is 0 Å². The molecule has 0 unspecified atom stereocenters. The molecule has 0 aliphatic rings. The number of aromatic carboxylic acids is 4. The lowest BCUT2D eigenvalue weighted by Crippen LogP contribution is -2.07. The molecule has 0 atom stereocenters. The van der Waals surface area contributed by atoms with Gasteiger partial charge in [0.1, 0.15) is 21.2 Å². The van der Waals surface area contributed by atoms with Crippen LogP contribution in [0.25, 0.3) is 21.5 Å². The fraction of sp³-hybridized carbons (Fsp3) is 0. The van der Waals surface area contributed by atoms with E-state index in [4.69, 9.17) is 0 Å². The van der Waals surface area contributed by atoms with Gasteiger partial charge in [-0.05, 0) is 95.7 Å². The fourth-order valence-electron chi connectivity index (χ4n) is 5.68. The highest BCUT2D eigenvalue weighted by Crippen LogP contribution is 2.44. The first-order valence-electron chi connectivity index (χ1n) is 16.4. The van der Waals surface area contributed by atoms with Gasteiger partial charge in [-0.25, -0.2) is 19.2 Å². The molecule has 0 saturated heterocycles. The molecule has 0 aliphatic heterocycles. The van der Waals surface area contributed by atoms with E-state index >= 15 is 0 Å². The van der Waals surface area contributed by atoms with E-state index in [9.17, 15) is 75.8 Å². The third-order valence-corrected chi connectivity index (χ3v) is 10.2. The minimum Gasteiger partial charge on any atom is -0.505 e. The van der Waals surface area contributed by atoms with Gasteiger partial charge in [0.2, 0.25) is 0 Å². The normalized spacial score (nSPS) is 12.2. The topological polar surface area (TPSA) is 385 Å². The maximum absolute atomic E-state index is 12.3. The van der Waals surface area contributed by atoms with Crippen LogP contribution in [0, 0.1) is 0 Å². The van der Waals surface area contributed by atoms with Crippen molar-refractivity contribution in [1.82, 2.24) is 0 Å². The van der Waals surface area contributed by atoms with Crippen LogP contribution in [0.2, 0.25) is 0 Å². The van der Waals surface area contributed by atoms with E-state index in [-0.39, 0.29) is 44.3 Å². The number of fused-ring (bicyclic) bond motifs is 2. The average molecular weight is 874 g/mol. The Labute approximate surface area is 339 Å². The lowest BCUT2D eigenvalue weighted by Gasteiger charge is -2.10. The van der Waals surface area contributed by atoms with Gasteiger partial charge in [0.25, 0.3) is 20.2 Å². The van der Waals surface area contributed by atoms with Crippen LogP contribution in [0.5, 0.6) is 11.5 Å². The van der Waals surface area contributed by atoms with Crippen LogP contribution < -0.4 is 5.43 Å². The van der Waals surface area contributed by atoms with E-state index in [1.165, 1.54) is 36.4 Å². The summed E-state index contributed by atoms with van der Waals surface area (Å²) >= 11 is 0. The molecule has 0 aliphatic carbocycles. The SMILES string of the molecule is O=C(O)c1ccc(/N=N/c2c(S(=O)(=O)O)cc3cc(/N=N/Nc4ccc5c(O)c(/N=N/c6ccc(C(=O)O)c(C(=O)O)c6)c(S(=O)(=O)O)cc5c4)ccc3c2O)cc1C(=O)O. The summed E-state index contributed by atoms with van der Waals surface area (Å²) in [4.78, 5) is 44.0. The molecule has 0 heterocycles. The first kappa shape index (κ1) is 42.3. The van der Waals surface area contributed by atoms with Crippen LogP contribution in [-0.4, -0.2) is 80.5 Å². The van der Waals surface area contributed by atoms with Gasteiger partial charge in [0.15, 0.2) is 11.5 Å². The minimum absolute atomic E-state index is 0.000253. The number of hydrogen-bond acceptors (Lipinski definition) is 16. The zero-order chi connectivity index (χ0) is 44.6. The molecule has 25 heteroatoms. The maximum atomic E-state index is 12.3. The Morgan fingerprint density at radius 1 is 0.459 bits per heavy atom. The number of rotatable bonds is 13. The summed E-state index contributed by atoms with van der Waals surface area (Å²) in [6.45, 7) is 0. The zero-order valence-corrected chi connectivity index (χ0v) is 31.6. The Hall–Kier alpha value is -8.26. The van der Waals surface area contributed by atoms with Crippen molar-refractivity contribution >= 4 is 99.8 Å². The average Bonchev–Trinajstić information content (AvgIpc) is 3.18. The largest absolute Gasteiger partial charge is 0.505 e. The maximum Gasteiger partial charge on any atom is 0.336 e. The highest BCUT2D eigenvalue weighted by molar-refractivity contribution is 7.86. The van der Waals surface area contributed by atoms with Gasteiger partial charge in [-0.2, -0.15) is 27.1 Å². The summed E-state index contributed by atoms with van der Waals surface area (Å²) in [6, 6.07) is 15.5. The van der Waals surface area contributed by atoms with E-state index in [1.54, 1.807) is 0 Å². The van der Waals surface area contributed by atoms with Crippen molar-refractivity contribution < 1.29 is 75.8 Å². The van der Waals surface area contributed by atoms with Gasteiger partial charge < -0.3 is 30.6 Å². The van der Waals surface area contributed by atoms with E-state index < -0.39 is 99.0 Å². The lowest BCUT2D eigenvalue weighted by atomic mass is 10.1. The number of carboxylic acids is 4. The second-order valence-electron chi connectivity index (χ2n) is 12.3. The van der Waals surface area contributed by atoms with E-state index in [0.717, 1.165) is 48.5 Å².